The van der Waals surface area contributed by atoms with Gasteiger partial charge in [0, 0.05) is 7.11 Å². The number of benzene rings is 2. The average molecular weight is 370 g/mol. The monoisotopic (exact) mass is 370 g/mol. The van der Waals surface area contributed by atoms with Crippen molar-refractivity contribution in [1.82, 2.24) is 0 Å². The van der Waals surface area contributed by atoms with Gasteiger partial charge in [0.05, 0.1) is 11.1 Å². The van der Waals surface area contributed by atoms with Gasteiger partial charge in [-0.25, -0.2) is 9.59 Å². The minimum absolute atomic E-state index is 0.258. The first-order chi connectivity index (χ1) is 13.1. The molecule has 0 spiro atoms. The highest BCUT2D eigenvalue weighted by Crippen LogP contribution is 2.22. The molecule has 0 radical (unpaired) electrons. The minimum atomic E-state index is -1.23. The summed E-state index contributed by atoms with van der Waals surface area (Å²) >= 11 is 0. The Morgan fingerprint density at radius 1 is 0.926 bits per heavy atom. The van der Waals surface area contributed by atoms with Gasteiger partial charge in [-0.05, 0) is 24.3 Å². The number of ether oxygens (including phenoxy) is 4. The zero-order valence-electron chi connectivity index (χ0n) is 14.6. The van der Waals surface area contributed by atoms with E-state index in [9.17, 15) is 14.4 Å². The fraction of sp³-hybridized carbons (Fsp3) is 0.250. The molecule has 0 amide bonds. The highest BCUT2D eigenvalue weighted by molar-refractivity contribution is 5.95. The molecule has 7 nitrogen and oxygen atoms in total. The molecule has 1 heterocycles. The van der Waals surface area contributed by atoms with Crippen molar-refractivity contribution in [3.63, 3.8) is 0 Å². The molecule has 2 aromatic carbocycles. The molecule has 1 aliphatic heterocycles. The topological polar surface area (TPSA) is 88.1 Å². The Bertz CT molecular complexity index is 804. The van der Waals surface area contributed by atoms with E-state index < -0.39 is 36.2 Å². The second-order valence-electron chi connectivity index (χ2n) is 5.80. The van der Waals surface area contributed by atoms with Crippen LogP contribution in [0.1, 0.15) is 20.7 Å². The summed E-state index contributed by atoms with van der Waals surface area (Å²) in [6.07, 6.45) is -3.37. The third-order valence-corrected chi connectivity index (χ3v) is 3.99. The van der Waals surface area contributed by atoms with Gasteiger partial charge in [-0.15, -0.1) is 0 Å². The largest absolute Gasteiger partial charge is 0.459 e. The standard InChI is InChI=1S/C20H18O7/c1-24-20-16(21)17(27-19(23)14-10-6-3-7-11-14)15(26-20)12-25-18(22)13-8-4-2-5-9-13/h2-11,15,17,20H,12H2,1H3. The fourth-order valence-electron chi connectivity index (χ4n) is 2.62. The first-order valence-corrected chi connectivity index (χ1v) is 8.30. The van der Waals surface area contributed by atoms with E-state index in [2.05, 4.69) is 0 Å². The first kappa shape index (κ1) is 18.8. The Morgan fingerprint density at radius 2 is 1.48 bits per heavy atom. The Hall–Kier alpha value is -3.03. The van der Waals surface area contributed by atoms with Gasteiger partial charge in [-0.3, -0.25) is 4.79 Å². The molecule has 3 rings (SSSR count). The van der Waals surface area contributed by atoms with Crippen molar-refractivity contribution in [1.29, 1.82) is 0 Å². The molecule has 0 N–H and O–H groups in total. The summed E-state index contributed by atoms with van der Waals surface area (Å²) in [5.41, 5.74) is 0.661. The summed E-state index contributed by atoms with van der Waals surface area (Å²) in [7, 11) is 1.30. The summed E-state index contributed by atoms with van der Waals surface area (Å²) in [5, 5.41) is 0. The van der Waals surface area contributed by atoms with E-state index in [1.54, 1.807) is 60.7 Å². The lowest BCUT2D eigenvalue weighted by Crippen LogP contribution is -2.36. The maximum atomic E-state index is 12.4. The van der Waals surface area contributed by atoms with Crippen LogP contribution in [0, 0.1) is 0 Å². The van der Waals surface area contributed by atoms with Crippen LogP contribution in [-0.2, 0) is 23.7 Å². The van der Waals surface area contributed by atoms with Gasteiger partial charge in [-0.2, -0.15) is 0 Å². The average Bonchev–Trinajstić information content (AvgIpc) is 3.02. The summed E-state index contributed by atoms with van der Waals surface area (Å²) in [4.78, 5) is 36.7. The number of esters is 2. The normalized spacial score (nSPS) is 21.7. The zero-order chi connectivity index (χ0) is 19.2. The number of Topliss-reactive ketones (excluding diaryl/α,β-unsaturated/α-hetero) is 1. The van der Waals surface area contributed by atoms with Crippen LogP contribution in [0.4, 0.5) is 0 Å². The van der Waals surface area contributed by atoms with Crippen LogP contribution in [0.2, 0.25) is 0 Å². The van der Waals surface area contributed by atoms with Gasteiger partial charge in [0.1, 0.15) is 12.7 Å². The maximum absolute atomic E-state index is 12.4. The summed E-state index contributed by atoms with van der Waals surface area (Å²) in [5.74, 6) is -1.78. The molecular formula is C20H18O7. The van der Waals surface area contributed by atoms with E-state index in [1.807, 2.05) is 0 Å². The SMILES string of the molecule is COC1OC(COC(=O)c2ccccc2)C(OC(=O)c2ccccc2)C1=O. The van der Waals surface area contributed by atoms with Gasteiger partial charge >= 0.3 is 11.9 Å². The molecule has 0 aliphatic carbocycles. The number of carbonyl (C=O) groups is 3. The Balaban J connectivity index is 1.67. The van der Waals surface area contributed by atoms with Crippen LogP contribution in [-0.4, -0.2) is 49.9 Å². The van der Waals surface area contributed by atoms with E-state index in [0.717, 1.165) is 0 Å². The van der Waals surface area contributed by atoms with E-state index in [-0.39, 0.29) is 6.61 Å². The molecule has 1 saturated heterocycles. The molecule has 0 aromatic heterocycles. The van der Waals surface area contributed by atoms with E-state index in [0.29, 0.717) is 11.1 Å². The lowest BCUT2D eigenvalue weighted by atomic mass is 10.1. The van der Waals surface area contributed by atoms with E-state index >= 15 is 0 Å². The summed E-state index contributed by atoms with van der Waals surface area (Å²) in [6, 6.07) is 16.7. The van der Waals surface area contributed by atoms with Crippen molar-refractivity contribution in [2.75, 3.05) is 13.7 Å². The van der Waals surface area contributed by atoms with Crippen molar-refractivity contribution >= 4 is 17.7 Å². The number of hydrogen-bond donors (Lipinski definition) is 0. The van der Waals surface area contributed by atoms with Crippen LogP contribution >= 0.6 is 0 Å². The van der Waals surface area contributed by atoms with Crippen LogP contribution in [0.5, 0.6) is 0 Å². The first-order valence-electron chi connectivity index (χ1n) is 8.30. The van der Waals surface area contributed by atoms with Gasteiger partial charge in [-0.1, -0.05) is 36.4 Å². The third kappa shape index (κ3) is 4.39. The van der Waals surface area contributed by atoms with Crippen molar-refractivity contribution in [3.8, 4) is 0 Å². The molecular weight excluding hydrogens is 352 g/mol. The lowest BCUT2D eigenvalue weighted by Gasteiger charge is -2.17. The molecule has 7 heteroatoms. The fourth-order valence-corrected chi connectivity index (χ4v) is 2.62. The summed E-state index contributed by atoms with van der Waals surface area (Å²) < 4.78 is 20.9. The van der Waals surface area contributed by atoms with Crippen molar-refractivity contribution < 1.29 is 33.3 Å². The lowest BCUT2D eigenvalue weighted by molar-refractivity contribution is -0.152. The van der Waals surface area contributed by atoms with Crippen molar-refractivity contribution in [3.05, 3.63) is 71.8 Å². The molecule has 1 fully saturated rings. The second kappa shape index (κ2) is 8.57. The van der Waals surface area contributed by atoms with Gasteiger partial charge in [0.15, 0.2) is 6.10 Å². The molecule has 1 aliphatic rings. The second-order valence-corrected chi connectivity index (χ2v) is 5.80. The molecule has 0 saturated carbocycles. The Labute approximate surface area is 155 Å². The van der Waals surface area contributed by atoms with Crippen molar-refractivity contribution in [2.45, 2.75) is 18.5 Å². The smallest absolute Gasteiger partial charge is 0.338 e. The van der Waals surface area contributed by atoms with Gasteiger partial charge in [0.2, 0.25) is 12.1 Å². The van der Waals surface area contributed by atoms with Crippen LogP contribution in [0.3, 0.4) is 0 Å². The van der Waals surface area contributed by atoms with Crippen LogP contribution in [0.15, 0.2) is 60.7 Å². The molecule has 3 unspecified atom stereocenters. The third-order valence-electron chi connectivity index (χ3n) is 3.99. The van der Waals surface area contributed by atoms with Crippen LogP contribution < -0.4 is 0 Å². The van der Waals surface area contributed by atoms with E-state index in [4.69, 9.17) is 18.9 Å². The minimum Gasteiger partial charge on any atom is -0.459 e. The Kier molecular flexibility index (Phi) is 5.95. The van der Waals surface area contributed by atoms with Gasteiger partial charge < -0.3 is 18.9 Å². The predicted octanol–water partition coefficient (Wildman–Crippen LogP) is 2.01. The predicted molar refractivity (Wildman–Crippen MR) is 93.0 cm³/mol. The molecule has 140 valence electrons. The number of ketones is 1. The zero-order valence-corrected chi connectivity index (χ0v) is 14.6. The molecule has 2 aromatic rings. The molecule has 3 atom stereocenters. The summed E-state index contributed by atoms with van der Waals surface area (Å²) in [6.45, 7) is -0.258. The quantitative estimate of drug-likeness (QED) is 0.719. The van der Waals surface area contributed by atoms with Crippen molar-refractivity contribution in [2.24, 2.45) is 0 Å². The van der Waals surface area contributed by atoms with E-state index in [1.165, 1.54) is 7.11 Å². The molecule has 0 bridgehead atoms. The number of methoxy groups -OCH3 is 1. The number of hydrogen-bond acceptors (Lipinski definition) is 7. The van der Waals surface area contributed by atoms with Crippen LogP contribution in [0.25, 0.3) is 0 Å². The number of rotatable bonds is 6. The molecule has 27 heavy (non-hydrogen) atoms. The highest BCUT2D eigenvalue weighted by Gasteiger charge is 2.47. The maximum Gasteiger partial charge on any atom is 0.338 e. The van der Waals surface area contributed by atoms with Gasteiger partial charge in [0.25, 0.3) is 0 Å². The number of carbonyl (C=O) groups excluding carboxylic acids is 3. The Morgan fingerprint density at radius 3 is 2.04 bits per heavy atom. The highest BCUT2D eigenvalue weighted by atomic mass is 16.7.